The molecule has 2 amide bonds. The van der Waals surface area contributed by atoms with Crippen molar-refractivity contribution in [1.29, 1.82) is 0 Å². The zero-order chi connectivity index (χ0) is 29.1. The Morgan fingerprint density at radius 3 is 2.49 bits per heavy atom. The first kappa shape index (κ1) is 28.9. The van der Waals surface area contributed by atoms with E-state index in [4.69, 9.17) is 0 Å². The van der Waals surface area contributed by atoms with Crippen LogP contribution < -0.4 is 16.0 Å². The normalized spacial score (nSPS) is 21.5. The van der Waals surface area contributed by atoms with Crippen LogP contribution in [0, 0.1) is 17.6 Å². The van der Waals surface area contributed by atoms with Gasteiger partial charge in [-0.05, 0) is 87.5 Å². The molecule has 2 aromatic carbocycles. The molecule has 0 aliphatic heterocycles. The van der Waals surface area contributed by atoms with E-state index < -0.39 is 23.2 Å². The number of benzene rings is 2. The molecule has 1 aromatic heterocycles. The van der Waals surface area contributed by atoms with Gasteiger partial charge in [-0.15, -0.1) is 0 Å². The van der Waals surface area contributed by atoms with Crippen LogP contribution >= 0.6 is 0 Å². The van der Waals surface area contributed by atoms with Gasteiger partial charge in [0, 0.05) is 24.3 Å². The van der Waals surface area contributed by atoms with Gasteiger partial charge in [0.1, 0.15) is 23.2 Å². The van der Waals surface area contributed by atoms with Crippen LogP contribution in [-0.2, 0) is 28.0 Å². The molecule has 2 aliphatic rings. The summed E-state index contributed by atoms with van der Waals surface area (Å²) in [4.78, 5) is 31.2. The van der Waals surface area contributed by atoms with Crippen molar-refractivity contribution in [2.75, 3.05) is 5.32 Å². The number of hydrogen-bond donors (Lipinski definition) is 3. The van der Waals surface area contributed by atoms with Gasteiger partial charge >= 0.3 is 0 Å². The van der Waals surface area contributed by atoms with E-state index in [1.54, 1.807) is 17.1 Å². The maximum absolute atomic E-state index is 14.5. The number of hydrogen-bond acceptors (Lipinski definition) is 4. The zero-order valence-corrected chi connectivity index (χ0v) is 23.9. The zero-order valence-electron chi connectivity index (χ0n) is 23.9. The van der Waals surface area contributed by atoms with Crippen LogP contribution in [0.1, 0.15) is 75.6 Å². The van der Waals surface area contributed by atoms with E-state index in [0.717, 1.165) is 37.3 Å². The van der Waals surface area contributed by atoms with Gasteiger partial charge in [0.15, 0.2) is 5.82 Å². The largest absolute Gasteiger partial charge is 0.351 e. The summed E-state index contributed by atoms with van der Waals surface area (Å²) >= 11 is 0. The fourth-order valence-corrected chi connectivity index (χ4v) is 5.91. The third-order valence-corrected chi connectivity index (χ3v) is 8.65. The minimum Gasteiger partial charge on any atom is -0.351 e. The molecule has 5 rings (SSSR count). The Kier molecular flexibility index (Phi) is 8.54. The summed E-state index contributed by atoms with van der Waals surface area (Å²) in [5.74, 6) is -0.489. The van der Waals surface area contributed by atoms with Crippen LogP contribution in [0.4, 0.5) is 14.6 Å². The molecule has 1 unspecified atom stereocenters. The quantitative estimate of drug-likeness (QED) is 0.342. The molecule has 0 saturated heterocycles. The SMILES string of the molecule is CC1CCC(NC(=O)C(C)(C)n2cnc(NC(=O)[C@@H](NC3CCc4cc(F)cc(F)c4C3)c3ccccc3)c2)CC1. The Labute approximate surface area is 240 Å². The molecule has 0 spiro atoms. The predicted molar refractivity (Wildman–Crippen MR) is 154 cm³/mol. The summed E-state index contributed by atoms with van der Waals surface area (Å²) in [5, 5.41) is 9.50. The highest BCUT2D eigenvalue weighted by Crippen LogP contribution is 2.28. The van der Waals surface area contributed by atoms with Crippen molar-refractivity contribution >= 4 is 17.6 Å². The number of carbonyl (C=O) groups is 2. The fraction of sp³-hybridized carbons (Fsp3) is 0.469. The first-order chi connectivity index (χ1) is 19.6. The van der Waals surface area contributed by atoms with Crippen molar-refractivity contribution in [3.05, 3.63) is 83.3 Å². The minimum atomic E-state index is -0.894. The predicted octanol–water partition coefficient (Wildman–Crippen LogP) is 5.42. The number of aryl methyl sites for hydroxylation is 1. The maximum Gasteiger partial charge on any atom is 0.247 e. The van der Waals surface area contributed by atoms with Gasteiger partial charge in [-0.1, -0.05) is 37.3 Å². The molecular formula is C32H39F2N5O2. The Hall–Kier alpha value is -3.59. The minimum absolute atomic E-state index is 0.0825. The average Bonchev–Trinajstić information content (AvgIpc) is 3.43. The number of fused-ring (bicyclic) bond motifs is 1. The standard InChI is InChI=1S/C32H39F2N5O2/c1-20-9-12-24(13-10-20)37-31(41)32(2,3)39-18-28(35-19-39)38-30(40)29(21-7-5-4-6-8-21)36-25-14-11-22-15-23(33)16-27(34)26(22)17-25/h4-8,15-16,18-20,24-25,29,36H,9-14,17H2,1-3H3,(H,37,41)(H,38,40)/t20?,24?,25?,29-/m0/s1. The van der Waals surface area contributed by atoms with Gasteiger partial charge < -0.3 is 15.2 Å². The van der Waals surface area contributed by atoms with Crippen LogP contribution in [0.3, 0.4) is 0 Å². The fourth-order valence-electron chi connectivity index (χ4n) is 5.91. The average molecular weight is 564 g/mol. The number of carbonyl (C=O) groups excluding carboxylic acids is 2. The van der Waals surface area contributed by atoms with Gasteiger partial charge in [-0.2, -0.15) is 0 Å². The second kappa shape index (κ2) is 12.1. The van der Waals surface area contributed by atoms with Crippen LogP contribution in [0.25, 0.3) is 0 Å². The van der Waals surface area contributed by atoms with Gasteiger partial charge in [-0.3, -0.25) is 14.9 Å². The molecule has 1 heterocycles. The number of nitrogens with one attached hydrogen (secondary N) is 3. The summed E-state index contributed by atoms with van der Waals surface area (Å²) in [7, 11) is 0. The van der Waals surface area contributed by atoms with Crippen molar-refractivity contribution in [3.63, 3.8) is 0 Å². The van der Waals surface area contributed by atoms with Gasteiger partial charge in [-0.25, -0.2) is 13.8 Å². The second-order valence-electron chi connectivity index (χ2n) is 12.1. The molecule has 218 valence electrons. The summed E-state index contributed by atoms with van der Waals surface area (Å²) in [5.41, 5.74) is 1.03. The summed E-state index contributed by atoms with van der Waals surface area (Å²) < 4.78 is 29.9. The first-order valence-corrected chi connectivity index (χ1v) is 14.5. The van der Waals surface area contributed by atoms with Crippen LogP contribution in [0.2, 0.25) is 0 Å². The van der Waals surface area contributed by atoms with E-state index in [1.807, 2.05) is 44.2 Å². The van der Waals surface area contributed by atoms with Gasteiger partial charge in [0.25, 0.3) is 0 Å². The Bertz CT molecular complexity index is 1380. The van der Waals surface area contributed by atoms with Gasteiger partial charge in [0.05, 0.1) is 6.33 Å². The lowest BCUT2D eigenvalue weighted by atomic mass is 9.87. The number of halogens is 2. The molecule has 2 aliphatic carbocycles. The second-order valence-corrected chi connectivity index (χ2v) is 12.1. The van der Waals surface area contributed by atoms with Crippen LogP contribution in [0.15, 0.2) is 55.0 Å². The molecule has 1 fully saturated rings. The monoisotopic (exact) mass is 563 g/mol. The number of amides is 2. The lowest BCUT2D eigenvalue weighted by molar-refractivity contribution is -0.129. The highest BCUT2D eigenvalue weighted by Gasteiger charge is 2.33. The van der Waals surface area contributed by atoms with Crippen LogP contribution in [-0.4, -0.2) is 33.4 Å². The van der Waals surface area contributed by atoms with Crippen molar-refractivity contribution in [2.45, 2.75) is 89.4 Å². The van der Waals surface area contributed by atoms with Crippen molar-refractivity contribution in [3.8, 4) is 0 Å². The van der Waals surface area contributed by atoms with E-state index in [2.05, 4.69) is 27.9 Å². The third kappa shape index (κ3) is 6.67. The molecule has 1 saturated carbocycles. The van der Waals surface area contributed by atoms with Crippen molar-refractivity contribution in [2.24, 2.45) is 5.92 Å². The highest BCUT2D eigenvalue weighted by atomic mass is 19.1. The van der Waals surface area contributed by atoms with E-state index in [0.29, 0.717) is 42.1 Å². The van der Waals surface area contributed by atoms with E-state index in [1.165, 1.54) is 6.07 Å². The van der Waals surface area contributed by atoms with Crippen LogP contribution in [0.5, 0.6) is 0 Å². The van der Waals surface area contributed by atoms with Gasteiger partial charge in [0.2, 0.25) is 11.8 Å². The van der Waals surface area contributed by atoms with Crippen molar-refractivity contribution < 1.29 is 18.4 Å². The molecule has 3 aromatic rings. The Morgan fingerprint density at radius 1 is 1.02 bits per heavy atom. The van der Waals surface area contributed by atoms with E-state index >= 15 is 0 Å². The molecular weight excluding hydrogens is 524 g/mol. The smallest absolute Gasteiger partial charge is 0.247 e. The topological polar surface area (TPSA) is 88.1 Å². The summed E-state index contributed by atoms with van der Waals surface area (Å²) in [6.07, 6.45) is 8.95. The lowest BCUT2D eigenvalue weighted by Gasteiger charge is -2.31. The Balaban J connectivity index is 1.27. The molecule has 41 heavy (non-hydrogen) atoms. The third-order valence-electron chi connectivity index (χ3n) is 8.65. The lowest BCUT2D eigenvalue weighted by Crippen LogP contribution is -2.48. The Morgan fingerprint density at radius 2 is 1.76 bits per heavy atom. The maximum atomic E-state index is 14.5. The first-order valence-electron chi connectivity index (χ1n) is 14.5. The number of imidazole rings is 1. The number of nitrogens with zero attached hydrogens (tertiary/aromatic N) is 2. The molecule has 7 nitrogen and oxygen atoms in total. The number of anilines is 1. The molecule has 0 bridgehead atoms. The molecule has 3 N–H and O–H groups in total. The van der Waals surface area contributed by atoms with E-state index in [-0.39, 0.29) is 23.9 Å². The number of aromatic nitrogens is 2. The highest BCUT2D eigenvalue weighted by molar-refractivity contribution is 5.95. The summed E-state index contributed by atoms with van der Waals surface area (Å²) in [6.45, 7) is 5.92. The molecule has 9 heteroatoms. The van der Waals surface area contributed by atoms with Crippen molar-refractivity contribution in [1.82, 2.24) is 20.2 Å². The molecule has 2 atom stereocenters. The molecule has 0 radical (unpaired) electrons. The van der Waals surface area contributed by atoms with E-state index in [9.17, 15) is 18.4 Å². The summed E-state index contributed by atoms with van der Waals surface area (Å²) in [6, 6.07) is 10.9. The number of rotatable bonds is 8.